The normalized spacial score (nSPS) is 13.1. The van der Waals surface area contributed by atoms with E-state index in [1.165, 1.54) is 6.42 Å². The van der Waals surface area contributed by atoms with Crippen molar-refractivity contribution in [3.8, 4) is 0 Å². The van der Waals surface area contributed by atoms with Gasteiger partial charge in [-0.2, -0.15) is 0 Å². The number of nitrogens with two attached hydrogens (primary N) is 1. The molecule has 0 spiro atoms. The lowest BCUT2D eigenvalue weighted by Gasteiger charge is -2.11. The first kappa shape index (κ1) is 12.4. The summed E-state index contributed by atoms with van der Waals surface area (Å²) >= 11 is 1.65. The molecule has 0 aliphatic heterocycles. The van der Waals surface area contributed by atoms with E-state index >= 15 is 0 Å². The quantitative estimate of drug-likeness (QED) is 0.855. The fraction of sp³-hybridized carbons (Fsp3) is 0.583. The molecule has 2 aromatic rings. The van der Waals surface area contributed by atoms with Crippen molar-refractivity contribution in [2.24, 2.45) is 11.7 Å². The van der Waals surface area contributed by atoms with Gasteiger partial charge in [-0.3, -0.25) is 0 Å². The Bertz CT molecular complexity index is 435. The maximum absolute atomic E-state index is 5.60. The number of aryl methyl sites for hydroxylation is 1. The molecule has 1 atom stereocenters. The van der Waals surface area contributed by atoms with E-state index in [1.54, 1.807) is 23.7 Å². The number of hydrogen-bond acceptors (Lipinski definition) is 5. The highest BCUT2D eigenvalue weighted by Crippen LogP contribution is 2.22. The minimum atomic E-state index is 0.716. The number of aromatic nitrogens is 3. The molecule has 2 heterocycles. The molecule has 0 saturated carbocycles. The number of nitrogens with zero attached hydrogens (tertiary/aromatic N) is 3. The molecule has 0 aromatic carbocycles. The van der Waals surface area contributed by atoms with Gasteiger partial charge in [-0.05, 0) is 31.7 Å². The molecule has 0 saturated heterocycles. The molecule has 5 heteroatoms. The zero-order valence-electron chi connectivity index (χ0n) is 10.1. The number of fused-ring (bicyclic) bond motifs is 1. The van der Waals surface area contributed by atoms with E-state index in [2.05, 4.69) is 21.9 Å². The van der Waals surface area contributed by atoms with Crippen molar-refractivity contribution in [1.29, 1.82) is 0 Å². The third-order valence-electron chi connectivity index (χ3n) is 3.01. The van der Waals surface area contributed by atoms with Crippen LogP contribution in [0.4, 0.5) is 0 Å². The molecule has 1 unspecified atom stereocenters. The second kappa shape index (κ2) is 6.02. The monoisotopic (exact) mass is 250 g/mol. The first-order valence-electron chi connectivity index (χ1n) is 6.10. The Hall–Kier alpha value is -1.07. The smallest absolute Gasteiger partial charge is 0.189 e. The van der Waals surface area contributed by atoms with Crippen LogP contribution in [0.25, 0.3) is 10.5 Å². The molecule has 2 aromatic heterocycles. The predicted molar refractivity (Wildman–Crippen MR) is 71.0 cm³/mol. The van der Waals surface area contributed by atoms with E-state index < -0.39 is 0 Å². The number of hydrogen-bond donors (Lipinski definition) is 1. The van der Waals surface area contributed by atoms with E-state index in [0.29, 0.717) is 5.92 Å². The van der Waals surface area contributed by atoms with Gasteiger partial charge in [0.2, 0.25) is 0 Å². The summed E-state index contributed by atoms with van der Waals surface area (Å²) in [6.07, 6.45) is 7.88. The molecule has 0 bridgehead atoms. The van der Waals surface area contributed by atoms with Crippen LogP contribution >= 0.6 is 11.3 Å². The Balaban J connectivity index is 1.98. The van der Waals surface area contributed by atoms with E-state index in [1.807, 2.05) is 0 Å². The van der Waals surface area contributed by atoms with Gasteiger partial charge in [-0.25, -0.2) is 15.0 Å². The second-order valence-electron chi connectivity index (χ2n) is 4.18. The van der Waals surface area contributed by atoms with Crippen LogP contribution in [-0.4, -0.2) is 21.5 Å². The van der Waals surface area contributed by atoms with Gasteiger partial charge < -0.3 is 5.73 Å². The highest BCUT2D eigenvalue weighted by Gasteiger charge is 2.09. The maximum atomic E-state index is 5.60. The molecule has 0 amide bonds. The summed E-state index contributed by atoms with van der Waals surface area (Å²) in [4.78, 5) is 13.9. The third-order valence-corrected chi connectivity index (χ3v) is 4.02. The molecule has 2 rings (SSSR count). The van der Waals surface area contributed by atoms with Crippen LogP contribution in [-0.2, 0) is 6.42 Å². The van der Waals surface area contributed by atoms with Crippen LogP contribution in [0.5, 0.6) is 0 Å². The summed E-state index contributed by atoms with van der Waals surface area (Å²) in [5.74, 6) is 0.716. The van der Waals surface area contributed by atoms with Crippen LogP contribution in [0.3, 0.4) is 0 Å². The third kappa shape index (κ3) is 3.20. The van der Waals surface area contributed by atoms with Crippen molar-refractivity contribution in [2.45, 2.75) is 32.6 Å². The number of rotatable bonds is 6. The van der Waals surface area contributed by atoms with Gasteiger partial charge in [0.05, 0.1) is 5.01 Å². The van der Waals surface area contributed by atoms with Crippen molar-refractivity contribution in [3.05, 3.63) is 17.4 Å². The van der Waals surface area contributed by atoms with E-state index in [-0.39, 0.29) is 0 Å². The van der Waals surface area contributed by atoms with Crippen molar-refractivity contribution in [1.82, 2.24) is 15.0 Å². The Kier molecular flexibility index (Phi) is 4.39. The maximum Gasteiger partial charge on any atom is 0.189 e. The van der Waals surface area contributed by atoms with Gasteiger partial charge in [-0.15, -0.1) is 0 Å². The summed E-state index contributed by atoms with van der Waals surface area (Å²) in [6, 6.07) is 0. The molecular formula is C12H18N4S. The zero-order valence-corrected chi connectivity index (χ0v) is 10.9. The Morgan fingerprint density at radius 3 is 2.82 bits per heavy atom. The molecule has 92 valence electrons. The van der Waals surface area contributed by atoms with Gasteiger partial charge in [0, 0.05) is 12.4 Å². The van der Waals surface area contributed by atoms with Crippen molar-refractivity contribution in [3.63, 3.8) is 0 Å². The lowest BCUT2D eigenvalue weighted by molar-refractivity contribution is 0.443. The zero-order chi connectivity index (χ0) is 12.1. The minimum Gasteiger partial charge on any atom is -0.330 e. The number of thiazole rings is 1. The molecule has 2 N–H and O–H groups in total. The summed E-state index contributed by atoms with van der Waals surface area (Å²) < 4.78 is 0. The largest absolute Gasteiger partial charge is 0.330 e. The minimum absolute atomic E-state index is 0.716. The van der Waals surface area contributed by atoms with Crippen LogP contribution in [0, 0.1) is 5.92 Å². The molecule has 0 radical (unpaired) electrons. The molecule has 4 nitrogen and oxygen atoms in total. The summed E-state index contributed by atoms with van der Waals surface area (Å²) in [5, 5.41) is 1.14. The predicted octanol–water partition coefficient (Wildman–Crippen LogP) is 2.39. The highest BCUT2D eigenvalue weighted by molar-refractivity contribution is 7.18. The Morgan fingerprint density at radius 2 is 2.12 bits per heavy atom. The summed E-state index contributed by atoms with van der Waals surface area (Å²) in [7, 11) is 0. The first-order valence-corrected chi connectivity index (χ1v) is 6.91. The molecular weight excluding hydrogens is 232 g/mol. The van der Waals surface area contributed by atoms with Crippen LogP contribution in [0.1, 0.15) is 31.2 Å². The van der Waals surface area contributed by atoms with Crippen molar-refractivity contribution >= 4 is 21.8 Å². The van der Waals surface area contributed by atoms with Crippen LogP contribution < -0.4 is 5.73 Å². The van der Waals surface area contributed by atoms with E-state index in [9.17, 15) is 0 Å². The Morgan fingerprint density at radius 1 is 1.29 bits per heavy atom. The van der Waals surface area contributed by atoms with Crippen molar-refractivity contribution in [2.75, 3.05) is 6.54 Å². The van der Waals surface area contributed by atoms with Gasteiger partial charge in [0.1, 0.15) is 0 Å². The molecule has 0 fully saturated rings. The molecule has 0 aliphatic carbocycles. The van der Waals surface area contributed by atoms with Gasteiger partial charge in [-0.1, -0.05) is 24.7 Å². The molecule has 0 aliphatic rings. The lowest BCUT2D eigenvalue weighted by atomic mass is 9.97. The molecule has 17 heavy (non-hydrogen) atoms. The van der Waals surface area contributed by atoms with Gasteiger partial charge in [0.15, 0.2) is 10.5 Å². The second-order valence-corrected chi connectivity index (χ2v) is 5.25. The van der Waals surface area contributed by atoms with Crippen LogP contribution in [0.15, 0.2) is 12.4 Å². The SMILES string of the molecule is CCC(CCN)CCc1nc2nccnc2s1. The standard InChI is InChI=1S/C12H18N4S/c1-2-9(5-6-13)3-4-10-16-11-12(17-10)15-8-7-14-11/h7-9H,2-6,13H2,1H3. The lowest BCUT2D eigenvalue weighted by Crippen LogP contribution is -2.08. The van der Waals surface area contributed by atoms with E-state index in [0.717, 1.165) is 41.3 Å². The van der Waals surface area contributed by atoms with Gasteiger partial charge >= 0.3 is 0 Å². The Labute approximate surface area is 105 Å². The van der Waals surface area contributed by atoms with Crippen molar-refractivity contribution < 1.29 is 0 Å². The highest BCUT2D eigenvalue weighted by atomic mass is 32.1. The fourth-order valence-corrected chi connectivity index (χ4v) is 2.82. The average molecular weight is 250 g/mol. The summed E-state index contributed by atoms with van der Waals surface area (Å²) in [6.45, 7) is 3.00. The fourth-order valence-electron chi connectivity index (χ4n) is 1.94. The average Bonchev–Trinajstić information content (AvgIpc) is 2.77. The topological polar surface area (TPSA) is 64.7 Å². The van der Waals surface area contributed by atoms with Crippen LogP contribution in [0.2, 0.25) is 0 Å². The first-order chi connectivity index (χ1) is 8.33. The summed E-state index contributed by atoms with van der Waals surface area (Å²) in [5.41, 5.74) is 6.38. The van der Waals surface area contributed by atoms with Gasteiger partial charge in [0.25, 0.3) is 0 Å². The van der Waals surface area contributed by atoms with E-state index in [4.69, 9.17) is 5.73 Å².